The van der Waals surface area contributed by atoms with E-state index in [4.69, 9.17) is 20.9 Å². The summed E-state index contributed by atoms with van der Waals surface area (Å²) in [6.45, 7) is 10.2. The zero-order chi connectivity index (χ0) is 12.8. The molecule has 1 aromatic carbocycles. The lowest BCUT2D eigenvalue weighted by Crippen LogP contribution is -2.41. The van der Waals surface area contributed by atoms with E-state index in [-0.39, 0.29) is 18.3 Å². The molecule has 1 saturated heterocycles. The smallest absolute Gasteiger partial charge is 0.399 e. The predicted molar refractivity (Wildman–Crippen MR) is 71.9 cm³/mol. The third kappa shape index (κ3) is 2.24. The van der Waals surface area contributed by atoms with Gasteiger partial charge in [-0.1, -0.05) is 29.3 Å². The van der Waals surface area contributed by atoms with Gasteiger partial charge in [0, 0.05) is 10.5 Å². The van der Waals surface area contributed by atoms with Gasteiger partial charge in [0.1, 0.15) is 0 Å². The zero-order valence-electron chi connectivity index (χ0n) is 11.0. The first-order valence-corrected chi connectivity index (χ1v) is 6.22. The van der Waals surface area contributed by atoms with Crippen LogP contribution in [0.1, 0.15) is 33.3 Å². The van der Waals surface area contributed by atoms with Crippen LogP contribution in [-0.4, -0.2) is 18.3 Å². The molecule has 0 bridgehead atoms. The van der Waals surface area contributed by atoms with Gasteiger partial charge >= 0.3 is 7.12 Å². The Kier molecular flexibility index (Phi) is 3.05. The fraction of sp³-hybridized carbons (Fsp3) is 0.538. The Balaban J connectivity index is 2.35. The summed E-state index contributed by atoms with van der Waals surface area (Å²) < 4.78 is 12.0. The maximum Gasteiger partial charge on any atom is 0.496 e. The van der Waals surface area contributed by atoms with Crippen molar-refractivity contribution in [3.8, 4) is 0 Å². The average molecular weight is 253 g/mol. The predicted octanol–water partition coefficient (Wildman–Crippen LogP) is 2.95. The molecule has 0 unspecified atom stereocenters. The third-order valence-electron chi connectivity index (χ3n) is 3.66. The number of hydrogen-bond acceptors (Lipinski definition) is 2. The lowest BCUT2D eigenvalue weighted by Gasteiger charge is -2.32. The molecule has 0 spiro atoms. The van der Waals surface area contributed by atoms with E-state index in [9.17, 15) is 0 Å². The summed E-state index contributed by atoms with van der Waals surface area (Å²) in [5, 5.41) is 0.689. The van der Waals surface area contributed by atoms with Crippen LogP contribution in [0.25, 0.3) is 0 Å². The molecule has 2 rings (SSSR count). The van der Waals surface area contributed by atoms with Gasteiger partial charge in [0.05, 0.1) is 11.2 Å². The standard InChI is InChI=1S/C13H18BClO2/c1-9-6-7-11(15)10(8-9)14-16-12(2,3)13(4,5)17-14/h6-8H,1-5H3. The molecule has 1 heterocycles. The molecule has 0 saturated carbocycles. The minimum absolute atomic E-state index is 0.329. The van der Waals surface area contributed by atoms with Crippen molar-refractivity contribution in [3.05, 3.63) is 28.8 Å². The molecule has 0 aromatic heterocycles. The molecule has 1 fully saturated rings. The van der Waals surface area contributed by atoms with E-state index in [1.165, 1.54) is 0 Å². The lowest BCUT2D eigenvalue weighted by atomic mass is 9.78. The van der Waals surface area contributed by atoms with Crippen LogP contribution >= 0.6 is 11.6 Å². The first-order chi connectivity index (χ1) is 7.73. The zero-order valence-corrected chi connectivity index (χ0v) is 11.8. The summed E-state index contributed by atoms with van der Waals surface area (Å²) in [5.41, 5.74) is 1.40. The SMILES string of the molecule is Cc1ccc(Cl)c(B2OC(C)(C)C(C)(C)O2)c1. The average Bonchev–Trinajstić information content (AvgIpc) is 2.40. The summed E-state index contributed by atoms with van der Waals surface area (Å²) in [5.74, 6) is 0. The Morgan fingerprint density at radius 3 is 2.12 bits per heavy atom. The number of hydrogen-bond donors (Lipinski definition) is 0. The molecule has 1 aromatic rings. The van der Waals surface area contributed by atoms with Gasteiger partial charge in [-0.25, -0.2) is 0 Å². The molecule has 2 nitrogen and oxygen atoms in total. The van der Waals surface area contributed by atoms with Gasteiger partial charge in [-0.2, -0.15) is 0 Å². The summed E-state index contributed by atoms with van der Waals surface area (Å²) in [7, 11) is -0.382. The summed E-state index contributed by atoms with van der Waals surface area (Å²) in [6.07, 6.45) is 0. The Morgan fingerprint density at radius 2 is 1.59 bits per heavy atom. The van der Waals surface area contributed by atoms with Crippen LogP contribution in [0.4, 0.5) is 0 Å². The topological polar surface area (TPSA) is 18.5 Å². The van der Waals surface area contributed by atoms with Crippen LogP contribution in [0.2, 0.25) is 5.02 Å². The van der Waals surface area contributed by atoms with E-state index in [1.807, 2.05) is 52.8 Å². The molecule has 0 atom stereocenters. The molecule has 4 heteroatoms. The monoisotopic (exact) mass is 252 g/mol. The lowest BCUT2D eigenvalue weighted by molar-refractivity contribution is 0.00578. The second-order valence-electron chi connectivity index (χ2n) is 5.61. The minimum Gasteiger partial charge on any atom is -0.399 e. The van der Waals surface area contributed by atoms with E-state index in [2.05, 4.69) is 0 Å². The van der Waals surface area contributed by atoms with Crippen LogP contribution in [0.5, 0.6) is 0 Å². The number of benzene rings is 1. The molecular weight excluding hydrogens is 234 g/mol. The fourth-order valence-electron chi connectivity index (χ4n) is 1.81. The van der Waals surface area contributed by atoms with E-state index in [0.717, 1.165) is 11.0 Å². The van der Waals surface area contributed by atoms with Gasteiger partial charge in [-0.3, -0.25) is 0 Å². The highest BCUT2D eigenvalue weighted by atomic mass is 35.5. The quantitative estimate of drug-likeness (QED) is 0.716. The second-order valence-corrected chi connectivity index (χ2v) is 6.02. The third-order valence-corrected chi connectivity index (χ3v) is 4.00. The Hall–Kier alpha value is -0.505. The Morgan fingerprint density at radius 1 is 1.06 bits per heavy atom. The Labute approximate surface area is 108 Å². The molecule has 1 aliphatic rings. The summed E-state index contributed by atoms with van der Waals surface area (Å²) >= 11 is 6.20. The first-order valence-electron chi connectivity index (χ1n) is 5.85. The van der Waals surface area contributed by atoms with Crippen LogP contribution < -0.4 is 5.46 Å². The van der Waals surface area contributed by atoms with Crippen LogP contribution in [0.3, 0.4) is 0 Å². The van der Waals surface area contributed by atoms with E-state index >= 15 is 0 Å². The van der Waals surface area contributed by atoms with Gasteiger partial charge in [-0.05, 0) is 40.7 Å². The van der Waals surface area contributed by atoms with Gasteiger partial charge in [0.15, 0.2) is 0 Å². The molecule has 1 aliphatic heterocycles. The maximum absolute atomic E-state index is 6.20. The van der Waals surface area contributed by atoms with Gasteiger partial charge in [0.25, 0.3) is 0 Å². The van der Waals surface area contributed by atoms with Gasteiger partial charge in [-0.15, -0.1) is 0 Å². The van der Waals surface area contributed by atoms with Crippen LogP contribution in [0.15, 0.2) is 18.2 Å². The largest absolute Gasteiger partial charge is 0.496 e. The molecule has 0 N–H and O–H groups in total. The summed E-state index contributed by atoms with van der Waals surface area (Å²) in [4.78, 5) is 0. The molecule has 92 valence electrons. The van der Waals surface area contributed by atoms with Crippen molar-refractivity contribution in [1.82, 2.24) is 0 Å². The number of halogens is 1. The van der Waals surface area contributed by atoms with E-state index in [0.29, 0.717) is 5.02 Å². The fourth-order valence-corrected chi connectivity index (χ4v) is 2.02. The number of aryl methyl sites for hydroxylation is 1. The maximum atomic E-state index is 6.20. The molecular formula is C13H18BClO2. The molecule has 0 aliphatic carbocycles. The van der Waals surface area contributed by atoms with Crippen molar-refractivity contribution in [2.75, 3.05) is 0 Å². The Bertz CT molecular complexity index is 427. The highest BCUT2D eigenvalue weighted by Gasteiger charge is 2.52. The normalized spacial score (nSPS) is 21.9. The van der Waals surface area contributed by atoms with Crippen molar-refractivity contribution in [3.63, 3.8) is 0 Å². The van der Waals surface area contributed by atoms with Crippen molar-refractivity contribution < 1.29 is 9.31 Å². The van der Waals surface area contributed by atoms with Crippen molar-refractivity contribution >= 4 is 24.2 Å². The van der Waals surface area contributed by atoms with Gasteiger partial charge in [0.2, 0.25) is 0 Å². The molecule has 17 heavy (non-hydrogen) atoms. The van der Waals surface area contributed by atoms with Crippen LogP contribution in [-0.2, 0) is 9.31 Å². The van der Waals surface area contributed by atoms with Crippen molar-refractivity contribution in [1.29, 1.82) is 0 Å². The first kappa shape index (κ1) is 12.9. The minimum atomic E-state index is -0.382. The second kappa shape index (κ2) is 4.01. The molecule has 0 radical (unpaired) electrons. The van der Waals surface area contributed by atoms with Gasteiger partial charge < -0.3 is 9.31 Å². The van der Waals surface area contributed by atoms with E-state index in [1.54, 1.807) is 0 Å². The van der Waals surface area contributed by atoms with E-state index < -0.39 is 0 Å². The number of rotatable bonds is 1. The van der Waals surface area contributed by atoms with Crippen LogP contribution in [0, 0.1) is 6.92 Å². The van der Waals surface area contributed by atoms with Crippen molar-refractivity contribution in [2.24, 2.45) is 0 Å². The highest BCUT2D eigenvalue weighted by Crippen LogP contribution is 2.36. The molecule has 0 amide bonds. The summed E-state index contributed by atoms with van der Waals surface area (Å²) in [6, 6.07) is 5.89. The highest BCUT2D eigenvalue weighted by molar-refractivity contribution is 6.65. The van der Waals surface area contributed by atoms with Crippen molar-refractivity contribution in [2.45, 2.75) is 45.8 Å².